The number of anilines is 1. The summed E-state index contributed by atoms with van der Waals surface area (Å²) in [5, 5.41) is 5.69. The van der Waals surface area contributed by atoms with Gasteiger partial charge >= 0.3 is 5.97 Å². The standard InChI is InChI=1S/C24H21BrN2O4/c1-16(28)31-21-7-4-6-19(13-21)24(30)27-20-11-9-17(10-12-20)15-26-23(29)14-18-5-2-3-8-22(18)25/h2-13H,14-15H2,1H3,(H,26,29)(H,27,30). The number of carbonyl (C=O) groups excluding carboxylic acids is 3. The highest BCUT2D eigenvalue weighted by Crippen LogP contribution is 2.17. The molecular weight excluding hydrogens is 460 g/mol. The highest BCUT2D eigenvalue weighted by molar-refractivity contribution is 9.10. The van der Waals surface area contributed by atoms with Gasteiger partial charge in [-0.2, -0.15) is 0 Å². The minimum atomic E-state index is -0.448. The van der Waals surface area contributed by atoms with E-state index in [9.17, 15) is 14.4 Å². The average Bonchev–Trinajstić information content (AvgIpc) is 2.74. The third-order valence-corrected chi connectivity index (χ3v) is 5.14. The Kier molecular flexibility index (Phi) is 7.56. The fourth-order valence-corrected chi connectivity index (χ4v) is 3.28. The van der Waals surface area contributed by atoms with E-state index in [0.717, 1.165) is 15.6 Å². The summed E-state index contributed by atoms with van der Waals surface area (Å²) in [5.41, 5.74) is 2.83. The third-order valence-electron chi connectivity index (χ3n) is 4.37. The van der Waals surface area contributed by atoms with Crippen molar-refractivity contribution in [2.24, 2.45) is 0 Å². The molecule has 0 bridgehead atoms. The molecule has 6 nitrogen and oxygen atoms in total. The van der Waals surface area contributed by atoms with Crippen molar-refractivity contribution in [1.29, 1.82) is 0 Å². The number of nitrogens with one attached hydrogen (secondary N) is 2. The van der Waals surface area contributed by atoms with Crippen molar-refractivity contribution in [2.75, 3.05) is 5.32 Å². The number of hydrogen-bond acceptors (Lipinski definition) is 4. The largest absolute Gasteiger partial charge is 0.427 e. The molecule has 3 rings (SSSR count). The van der Waals surface area contributed by atoms with Crippen molar-refractivity contribution in [2.45, 2.75) is 19.9 Å². The highest BCUT2D eigenvalue weighted by atomic mass is 79.9. The lowest BCUT2D eigenvalue weighted by Crippen LogP contribution is -2.24. The Bertz CT molecular complexity index is 1100. The van der Waals surface area contributed by atoms with Crippen molar-refractivity contribution in [3.8, 4) is 5.75 Å². The van der Waals surface area contributed by atoms with Gasteiger partial charge in [0, 0.05) is 29.2 Å². The Balaban J connectivity index is 1.53. The Morgan fingerprint density at radius 3 is 2.39 bits per heavy atom. The van der Waals surface area contributed by atoms with Crippen LogP contribution in [-0.2, 0) is 22.6 Å². The number of hydrogen-bond donors (Lipinski definition) is 2. The molecule has 2 amide bonds. The van der Waals surface area contributed by atoms with E-state index in [1.807, 2.05) is 36.4 Å². The van der Waals surface area contributed by atoms with Crippen LogP contribution in [0, 0.1) is 0 Å². The summed E-state index contributed by atoms with van der Waals surface area (Å²) in [4.78, 5) is 35.7. The number of benzene rings is 3. The Morgan fingerprint density at radius 2 is 1.68 bits per heavy atom. The lowest BCUT2D eigenvalue weighted by atomic mass is 10.1. The maximum Gasteiger partial charge on any atom is 0.308 e. The van der Waals surface area contributed by atoms with Crippen molar-refractivity contribution in [1.82, 2.24) is 5.32 Å². The molecule has 3 aromatic carbocycles. The monoisotopic (exact) mass is 480 g/mol. The maximum absolute atomic E-state index is 12.4. The summed E-state index contributed by atoms with van der Waals surface area (Å²) in [6, 6.07) is 21.2. The predicted octanol–water partition coefficient (Wildman–Crippen LogP) is 4.49. The molecule has 158 valence electrons. The number of halogens is 1. The van der Waals surface area contributed by atoms with Gasteiger partial charge < -0.3 is 15.4 Å². The molecule has 31 heavy (non-hydrogen) atoms. The molecule has 0 aliphatic carbocycles. The van der Waals surface area contributed by atoms with Gasteiger partial charge in [-0.05, 0) is 47.5 Å². The van der Waals surface area contributed by atoms with Gasteiger partial charge in [-0.25, -0.2) is 0 Å². The van der Waals surface area contributed by atoms with Crippen LogP contribution in [-0.4, -0.2) is 17.8 Å². The first-order chi connectivity index (χ1) is 14.9. The lowest BCUT2D eigenvalue weighted by molar-refractivity contribution is -0.131. The fourth-order valence-electron chi connectivity index (χ4n) is 2.85. The molecule has 0 saturated carbocycles. The van der Waals surface area contributed by atoms with Crippen LogP contribution in [0.1, 0.15) is 28.4 Å². The summed E-state index contributed by atoms with van der Waals surface area (Å²) < 4.78 is 5.91. The van der Waals surface area contributed by atoms with Crippen LogP contribution in [0.3, 0.4) is 0 Å². The van der Waals surface area contributed by atoms with Crippen LogP contribution in [0.15, 0.2) is 77.3 Å². The van der Waals surface area contributed by atoms with Crippen LogP contribution >= 0.6 is 15.9 Å². The second kappa shape index (κ2) is 10.5. The molecule has 2 N–H and O–H groups in total. The van der Waals surface area contributed by atoms with Crippen LogP contribution in [0.2, 0.25) is 0 Å². The van der Waals surface area contributed by atoms with Gasteiger partial charge in [-0.15, -0.1) is 0 Å². The topological polar surface area (TPSA) is 84.5 Å². The van der Waals surface area contributed by atoms with E-state index >= 15 is 0 Å². The zero-order chi connectivity index (χ0) is 22.2. The lowest BCUT2D eigenvalue weighted by Gasteiger charge is -2.09. The van der Waals surface area contributed by atoms with E-state index in [1.54, 1.807) is 30.3 Å². The van der Waals surface area contributed by atoms with Gasteiger partial charge in [0.25, 0.3) is 5.91 Å². The van der Waals surface area contributed by atoms with Crippen molar-refractivity contribution >= 4 is 39.4 Å². The second-order valence-electron chi connectivity index (χ2n) is 6.82. The third kappa shape index (κ3) is 6.79. The van der Waals surface area contributed by atoms with E-state index in [4.69, 9.17) is 4.74 Å². The van der Waals surface area contributed by atoms with E-state index in [0.29, 0.717) is 30.0 Å². The smallest absolute Gasteiger partial charge is 0.308 e. The quantitative estimate of drug-likeness (QED) is 0.385. The molecule has 3 aromatic rings. The molecule has 0 atom stereocenters. The number of rotatable bonds is 7. The molecule has 0 heterocycles. The summed E-state index contributed by atoms with van der Waals surface area (Å²) >= 11 is 3.44. The van der Waals surface area contributed by atoms with Gasteiger partial charge in [0.15, 0.2) is 0 Å². The number of amides is 2. The molecule has 0 unspecified atom stereocenters. The highest BCUT2D eigenvalue weighted by Gasteiger charge is 2.09. The Labute approximate surface area is 188 Å². The predicted molar refractivity (Wildman–Crippen MR) is 122 cm³/mol. The summed E-state index contributed by atoms with van der Waals surface area (Å²) in [5.74, 6) is -0.522. The van der Waals surface area contributed by atoms with Gasteiger partial charge in [0.1, 0.15) is 5.75 Å². The zero-order valence-electron chi connectivity index (χ0n) is 16.9. The maximum atomic E-state index is 12.4. The summed E-state index contributed by atoms with van der Waals surface area (Å²) in [6.45, 7) is 1.69. The first-order valence-corrected chi connectivity index (χ1v) is 10.4. The Hall–Kier alpha value is -3.45. The van der Waals surface area contributed by atoms with Crippen molar-refractivity contribution in [3.63, 3.8) is 0 Å². The Morgan fingerprint density at radius 1 is 0.935 bits per heavy atom. The second-order valence-corrected chi connectivity index (χ2v) is 7.67. The minimum absolute atomic E-state index is 0.0723. The fraction of sp³-hybridized carbons (Fsp3) is 0.125. The van der Waals surface area contributed by atoms with Gasteiger partial charge in [-0.1, -0.05) is 52.3 Å². The van der Waals surface area contributed by atoms with Gasteiger partial charge in [0.05, 0.1) is 6.42 Å². The molecule has 7 heteroatoms. The molecule has 0 spiro atoms. The first kappa shape index (κ1) is 22.2. The minimum Gasteiger partial charge on any atom is -0.427 e. The van der Waals surface area contributed by atoms with Crippen LogP contribution < -0.4 is 15.4 Å². The van der Waals surface area contributed by atoms with Crippen molar-refractivity contribution in [3.05, 3.63) is 94.0 Å². The molecule has 0 aliphatic heterocycles. The van der Waals surface area contributed by atoms with Crippen LogP contribution in [0.5, 0.6) is 5.75 Å². The first-order valence-electron chi connectivity index (χ1n) is 9.59. The van der Waals surface area contributed by atoms with E-state index in [2.05, 4.69) is 26.6 Å². The van der Waals surface area contributed by atoms with E-state index < -0.39 is 5.97 Å². The molecule has 0 radical (unpaired) electrons. The van der Waals surface area contributed by atoms with E-state index in [1.165, 1.54) is 13.0 Å². The summed E-state index contributed by atoms with van der Waals surface area (Å²) in [6.07, 6.45) is 0.294. The zero-order valence-corrected chi connectivity index (χ0v) is 18.4. The summed E-state index contributed by atoms with van der Waals surface area (Å²) in [7, 11) is 0. The number of carbonyl (C=O) groups is 3. The molecule has 0 fully saturated rings. The van der Waals surface area contributed by atoms with Crippen LogP contribution in [0.25, 0.3) is 0 Å². The molecule has 0 saturated heterocycles. The van der Waals surface area contributed by atoms with Crippen molar-refractivity contribution < 1.29 is 19.1 Å². The SMILES string of the molecule is CC(=O)Oc1cccc(C(=O)Nc2ccc(CNC(=O)Cc3ccccc3Br)cc2)c1. The molecule has 0 aliphatic rings. The van der Waals surface area contributed by atoms with E-state index in [-0.39, 0.29) is 11.8 Å². The molecule has 0 aromatic heterocycles. The molecular formula is C24H21BrN2O4. The average molecular weight is 481 g/mol. The normalized spacial score (nSPS) is 10.3. The van der Waals surface area contributed by atoms with Crippen LogP contribution in [0.4, 0.5) is 5.69 Å². The number of esters is 1. The number of ether oxygens (including phenoxy) is 1. The van der Waals surface area contributed by atoms with Gasteiger partial charge in [-0.3, -0.25) is 14.4 Å². The van der Waals surface area contributed by atoms with Gasteiger partial charge in [0.2, 0.25) is 5.91 Å².